The molecule has 0 bridgehead atoms. The summed E-state index contributed by atoms with van der Waals surface area (Å²) in [5.74, 6) is -0.883. The minimum Gasteiger partial charge on any atom is -0.467 e. The zero-order chi connectivity index (χ0) is 16.9. The van der Waals surface area contributed by atoms with Crippen molar-refractivity contribution in [1.82, 2.24) is 10.3 Å². The molecule has 0 saturated carbocycles. The maximum atomic E-state index is 12.2. The van der Waals surface area contributed by atoms with Crippen molar-refractivity contribution in [1.29, 1.82) is 0 Å². The number of hydrogen-bond acceptors (Lipinski definition) is 5. The van der Waals surface area contributed by atoms with Gasteiger partial charge in [-0.3, -0.25) is 4.79 Å². The quantitative estimate of drug-likeness (QED) is 0.847. The lowest BCUT2D eigenvalue weighted by Gasteiger charge is -2.16. The first-order valence-corrected chi connectivity index (χ1v) is 6.50. The number of furan rings is 1. The predicted octanol–water partition coefficient (Wildman–Crippen LogP) is 2.08. The van der Waals surface area contributed by atoms with Crippen molar-refractivity contribution in [3.63, 3.8) is 0 Å². The lowest BCUT2D eigenvalue weighted by Crippen LogP contribution is -2.31. The van der Waals surface area contributed by atoms with Crippen molar-refractivity contribution in [3.05, 3.63) is 48.0 Å². The monoisotopic (exact) mass is 330 g/mol. The van der Waals surface area contributed by atoms with E-state index >= 15 is 0 Å². The predicted molar refractivity (Wildman–Crippen MR) is 71.8 cm³/mol. The molecule has 2 heterocycles. The molecular weight excluding hydrogens is 317 g/mol. The van der Waals surface area contributed by atoms with Gasteiger partial charge in [0.15, 0.2) is 6.61 Å². The molecule has 124 valence electrons. The average Bonchev–Trinajstić information content (AvgIpc) is 3.04. The first-order chi connectivity index (χ1) is 10.9. The van der Waals surface area contributed by atoms with Crippen LogP contribution in [0.15, 0.2) is 41.1 Å². The highest BCUT2D eigenvalue weighted by molar-refractivity contribution is 5.96. The maximum Gasteiger partial charge on any atom is 0.422 e. The third kappa shape index (κ3) is 4.71. The summed E-state index contributed by atoms with van der Waals surface area (Å²) in [6.07, 6.45) is -1.97. The molecule has 0 radical (unpaired) electrons. The van der Waals surface area contributed by atoms with Crippen molar-refractivity contribution in [3.8, 4) is 5.88 Å². The van der Waals surface area contributed by atoms with Gasteiger partial charge in [0.2, 0.25) is 5.88 Å². The van der Waals surface area contributed by atoms with E-state index in [0.29, 0.717) is 5.76 Å². The maximum absolute atomic E-state index is 12.2. The molecule has 1 amide bonds. The topological polar surface area (TPSA) is 84.6 Å². The Balaban J connectivity index is 2.12. The molecular formula is C14H13F3N2O4. The second-order valence-electron chi connectivity index (χ2n) is 4.48. The molecule has 0 aliphatic heterocycles. The van der Waals surface area contributed by atoms with Crippen molar-refractivity contribution in [2.75, 3.05) is 13.2 Å². The molecule has 0 saturated heterocycles. The number of nitrogens with zero attached hydrogens (tertiary/aromatic N) is 1. The molecule has 2 N–H and O–H groups in total. The number of alkyl halides is 3. The van der Waals surface area contributed by atoms with E-state index in [-0.39, 0.29) is 5.56 Å². The Morgan fingerprint density at radius 3 is 2.78 bits per heavy atom. The van der Waals surface area contributed by atoms with E-state index in [4.69, 9.17) is 4.42 Å². The number of aliphatic hydroxyl groups excluding tert-OH is 1. The van der Waals surface area contributed by atoms with Gasteiger partial charge in [0.05, 0.1) is 12.9 Å². The molecule has 1 unspecified atom stereocenters. The molecule has 9 heteroatoms. The molecule has 23 heavy (non-hydrogen) atoms. The average molecular weight is 330 g/mol. The second-order valence-corrected chi connectivity index (χ2v) is 4.48. The van der Waals surface area contributed by atoms with Crippen LogP contribution in [0.3, 0.4) is 0 Å². The summed E-state index contributed by atoms with van der Waals surface area (Å²) in [7, 11) is 0. The molecule has 0 fully saturated rings. The van der Waals surface area contributed by atoms with Crippen molar-refractivity contribution >= 4 is 5.91 Å². The van der Waals surface area contributed by atoms with E-state index in [1.807, 2.05) is 0 Å². The van der Waals surface area contributed by atoms with Crippen LogP contribution < -0.4 is 10.1 Å². The van der Waals surface area contributed by atoms with Crippen molar-refractivity contribution in [2.24, 2.45) is 0 Å². The summed E-state index contributed by atoms with van der Waals surface area (Å²) in [6.45, 7) is -2.01. The molecule has 0 aliphatic carbocycles. The summed E-state index contributed by atoms with van der Waals surface area (Å²) >= 11 is 0. The largest absolute Gasteiger partial charge is 0.467 e. The standard InChI is InChI=1S/C14H13F3N2O4/c15-14(16,17)8-23-13-9(3-1-5-18-13)12(21)19-10(7-20)11-4-2-6-22-11/h1-6,10,20H,7-8H2,(H,19,21). The van der Waals surface area contributed by atoms with Crippen LogP contribution in [0.4, 0.5) is 13.2 Å². The van der Waals surface area contributed by atoms with E-state index in [9.17, 15) is 23.1 Å². The van der Waals surface area contributed by atoms with Gasteiger partial charge in [-0.1, -0.05) is 0 Å². The first-order valence-electron chi connectivity index (χ1n) is 6.50. The van der Waals surface area contributed by atoms with Crippen LogP contribution in [-0.4, -0.2) is 35.4 Å². The molecule has 2 rings (SSSR count). The van der Waals surface area contributed by atoms with Crippen molar-refractivity contribution < 1.29 is 32.2 Å². The van der Waals surface area contributed by atoms with Gasteiger partial charge >= 0.3 is 6.18 Å². The lowest BCUT2D eigenvalue weighted by atomic mass is 10.2. The van der Waals surface area contributed by atoms with E-state index < -0.39 is 37.2 Å². The zero-order valence-electron chi connectivity index (χ0n) is 11.7. The number of hydrogen-bond donors (Lipinski definition) is 2. The number of aliphatic hydroxyl groups is 1. The molecule has 6 nitrogen and oxygen atoms in total. The number of amides is 1. The summed E-state index contributed by atoms with van der Waals surface area (Å²) < 4.78 is 46.3. The Hall–Kier alpha value is -2.55. The fourth-order valence-electron chi connectivity index (χ4n) is 1.76. The zero-order valence-corrected chi connectivity index (χ0v) is 11.7. The number of carbonyl (C=O) groups excluding carboxylic acids is 1. The minimum atomic E-state index is -4.55. The summed E-state index contributed by atoms with van der Waals surface area (Å²) in [6, 6.07) is 4.94. The van der Waals surface area contributed by atoms with Crippen LogP contribution in [0.5, 0.6) is 5.88 Å². The third-order valence-electron chi connectivity index (χ3n) is 2.76. The lowest BCUT2D eigenvalue weighted by molar-refractivity contribution is -0.154. The fourth-order valence-corrected chi connectivity index (χ4v) is 1.76. The Labute approximate surface area is 128 Å². The van der Waals surface area contributed by atoms with Gasteiger partial charge < -0.3 is 19.6 Å². The van der Waals surface area contributed by atoms with Crippen LogP contribution in [0.25, 0.3) is 0 Å². The van der Waals surface area contributed by atoms with Crippen LogP contribution in [-0.2, 0) is 0 Å². The summed E-state index contributed by atoms with van der Waals surface area (Å²) in [4.78, 5) is 15.8. The number of nitrogens with one attached hydrogen (secondary N) is 1. The van der Waals surface area contributed by atoms with Gasteiger partial charge in [-0.2, -0.15) is 13.2 Å². The normalized spacial score (nSPS) is 12.7. The van der Waals surface area contributed by atoms with E-state index in [0.717, 1.165) is 0 Å². The van der Waals surface area contributed by atoms with Gasteiger partial charge in [0.25, 0.3) is 5.91 Å². The third-order valence-corrected chi connectivity index (χ3v) is 2.76. The van der Waals surface area contributed by atoms with Crippen LogP contribution >= 0.6 is 0 Å². The Morgan fingerprint density at radius 1 is 1.39 bits per heavy atom. The number of halogens is 3. The summed E-state index contributed by atoms with van der Waals surface area (Å²) in [5.41, 5.74) is -0.179. The highest BCUT2D eigenvalue weighted by atomic mass is 19.4. The molecule has 2 aromatic rings. The minimum absolute atomic E-state index is 0.179. The van der Waals surface area contributed by atoms with Gasteiger partial charge in [0, 0.05) is 6.20 Å². The Bertz CT molecular complexity index is 644. The van der Waals surface area contributed by atoms with E-state index in [1.54, 1.807) is 12.1 Å². The first kappa shape index (κ1) is 16.8. The highest BCUT2D eigenvalue weighted by Gasteiger charge is 2.30. The molecule has 0 aliphatic rings. The summed E-state index contributed by atoms with van der Waals surface area (Å²) in [5, 5.41) is 11.7. The number of pyridine rings is 1. The molecule has 0 aromatic carbocycles. The number of aromatic nitrogens is 1. The Kier molecular flexibility index (Phi) is 5.22. The number of carbonyl (C=O) groups is 1. The number of rotatable bonds is 6. The molecule has 1 atom stereocenters. The second kappa shape index (κ2) is 7.14. The van der Waals surface area contributed by atoms with Gasteiger partial charge in [0.1, 0.15) is 17.4 Å². The van der Waals surface area contributed by atoms with Crippen LogP contribution in [0.1, 0.15) is 22.2 Å². The van der Waals surface area contributed by atoms with Crippen molar-refractivity contribution in [2.45, 2.75) is 12.2 Å². The van der Waals surface area contributed by atoms with E-state index in [2.05, 4.69) is 15.0 Å². The molecule has 2 aromatic heterocycles. The fraction of sp³-hybridized carbons (Fsp3) is 0.286. The number of ether oxygens (including phenoxy) is 1. The van der Waals surface area contributed by atoms with Gasteiger partial charge in [-0.15, -0.1) is 0 Å². The highest BCUT2D eigenvalue weighted by Crippen LogP contribution is 2.21. The molecule has 0 spiro atoms. The van der Waals surface area contributed by atoms with E-state index in [1.165, 1.54) is 24.6 Å². The smallest absolute Gasteiger partial charge is 0.422 e. The van der Waals surface area contributed by atoms with Crippen LogP contribution in [0.2, 0.25) is 0 Å². The SMILES string of the molecule is O=C(NC(CO)c1ccco1)c1cccnc1OCC(F)(F)F. The van der Waals surface area contributed by atoms with Gasteiger partial charge in [-0.25, -0.2) is 4.98 Å². The van der Waals surface area contributed by atoms with Gasteiger partial charge in [-0.05, 0) is 24.3 Å². The van der Waals surface area contributed by atoms with Crippen LogP contribution in [0, 0.1) is 0 Å². The Morgan fingerprint density at radius 2 is 2.17 bits per heavy atom.